The molecular formula is C14H20ClF2N3O3S2. The third-order valence-corrected chi connectivity index (χ3v) is 5.76. The van der Waals surface area contributed by atoms with Gasteiger partial charge in [-0.1, -0.05) is 0 Å². The molecule has 1 fully saturated rings. The average Bonchev–Trinajstić information content (AvgIpc) is 2.92. The molecule has 0 aliphatic carbocycles. The van der Waals surface area contributed by atoms with Crippen molar-refractivity contribution in [3.8, 4) is 0 Å². The Bertz CT molecular complexity index is 748. The van der Waals surface area contributed by atoms with E-state index in [0.717, 1.165) is 6.07 Å². The van der Waals surface area contributed by atoms with Crippen LogP contribution >= 0.6 is 24.2 Å². The number of benzene rings is 1. The minimum absolute atomic E-state index is 0. The number of anilines is 1. The lowest BCUT2D eigenvalue weighted by Gasteiger charge is -2.21. The van der Waals surface area contributed by atoms with Crippen LogP contribution in [0.2, 0.25) is 0 Å². The molecule has 142 valence electrons. The van der Waals surface area contributed by atoms with Crippen LogP contribution in [0.15, 0.2) is 17.0 Å². The fourth-order valence-corrected chi connectivity index (χ4v) is 4.52. The smallest absolute Gasteiger partial charge is 0.244 e. The van der Waals surface area contributed by atoms with Crippen LogP contribution in [0.4, 0.5) is 14.5 Å². The van der Waals surface area contributed by atoms with Gasteiger partial charge in [0.15, 0.2) is 0 Å². The molecule has 2 rings (SSSR count). The first-order valence-electron chi connectivity index (χ1n) is 7.14. The molecule has 25 heavy (non-hydrogen) atoms. The van der Waals surface area contributed by atoms with E-state index >= 15 is 0 Å². The second-order valence-corrected chi connectivity index (χ2v) is 9.06. The molecule has 1 aromatic carbocycles. The predicted octanol–water partition coefficient (Wildman–Crippen LogP) is 2.06. The maximum absolute atomic E-state index is 14.0. The van der Waals surface area contributed by atoms with Gasteiger partial charge >= 0.3 is 0 Å². The number of amides is 1. The van der Waals surface area contributed by atoms with Crippen LogP contribution in [-0.2, 0) is 14.8 Å². The largest absolute Gasteiger partial charge is 0.322 e. The second-order valence-electron chi connectivity index (χ2n) is 6.38. The molecule has 0 bridgehead atoms. The first kappa shape index (κ1) is 22.1. The van der Waals surface area contributed by atoms with Crippen molar-refractivity contribution in [1.29, 1.82) is 0 Å². The zero-order valence-corrected chi connectivity index (χ0v) is 16.3. The molecule has 1 unspecified atom stereocenters. The van der Waals surface area contributed by atoms with Crippen LogP contribution in [0.25, 0.3) is 0 Å². The highest BCUT2D eigenvalue weighted by Gasteiger charge is 2.28. The van der Waals surface area contributed by atoms with Crippen molar-refractivity contribution in [1.82, 2.24) is 10.0 Å². The van der Waals surface area contributed by atoms with E-state index in [1.165, 1.54) is 11.8 Å². The van der Waals surface area contributed by atoms with E-state index in [0.29, 0.717) is 17.7 Å². The molecule has 0 saturated carbocycles. The summed E-state index contributed by atoms with van der Waals surface area (Å²) in [6.07, 6.45) is 0. The number of sulfonamides is 1. The van der Waals surface area contributed by atoms with Gasteiger partial charge < -0.3 is 5.32 Å². The number of halogens is 3. The topological polar surface area (TPSA) is 87.3 Å². The average molecular weight is 416 g/mol. The Balaban J connectivity index is 0.00000312. The number of hydrogen-bond donors (Lipinski definition) is 3. The van der Waals surface area contributed by atoms with Crippen LogP contribution in [-0.4, -0.2) is 37.5 Å². The van der Waals surface area contributed by atoms with E-state index in [9.17, 15) is 22.0 Å². The number of nitrogens with one attached hydrogen (secondary N) is 3. The van der Waals surface area contributed by atoms with Crippen molar-refractivity contribution < 1.29 is 22.0 Å². The normalized spacial score (nSPS) is 17.9. The van der Waals surface area contributed by atoms with E-state index in [1.54, 1.807) is 20.8 Å². The molecule has 3 N–H and O–H groups in total. The first-order valence-corrected chi connectivity index (χ1v) is 9.78. The van der Waals surface area contributed by atoms with Crippen molar-refractivity contribution in [2.24, 2.45) is 0 Å². The Morgan fingerprint density at radius 1 is 1.28 bits per heavy atom. The van der Waals surface area contributed by atoms with E-state index in [2.05, 4.69) is 15.4 Å². The molecule has 1 atom stereocenters. The molecule has 1 aliphatic heterocycles. The monoisotopic (exact) mass is 415 g/mol. The van der Waals surface area contributed by atoms with Crippen molar-refractivity contribution >= 4 is 45.8 Å². The Labute approximate surface area is 156 Å². The van der Waals surface area contributed by atoms with E-state index in [4.69, 9.17) is 0 Å². The van der Waals surface area contributed by atoms with Gasteiger partial charge in [0.1, 0.15) is 16.5 Å². The minimum atomic E-state index is -4.21. The van der Waals surface area contributed by atoms with Crippen LogP contribution in [0.5, 0.6) is 0 Å². The van der Waals surface area contributed by atoms with Crippen molar-refractivity contribution in [2.45, 2.75) is 37.2 Å². The lowest BCUT2D eigenvalue weighted by atomic mass is 10.1. The lowest BCUT2D eigenvalue weighted by molar-refractivity contribution is -0.117. The third kappa shape index (κ3) is 5.78. The fourth-order valence-electron chi connectivity index (χ4n) is 2.07. The van der Waals surface area contributed by atoms with Gasteiger partial charge in [0.2, 0.25) is 15.9 Å². The highest BCUT2D eigenvalue weighted by atomic mass is 35.5. The number of carbonyl (C=O) groups is 1. The predicted molar refractivity (Wildman–Crippen MR) is 96.6 cm³/mol. The molecule has 0 radical (unpaired) electrons. The van der Waals surface area contributed by atoms with Crippen molar-refractivity contribution in [2.75, 3.05) is 16.9 Å². The van der Waals surface area contributed by atoms with Crippen LogP contribution < -0.4 is 15.4 Å². The van der Waals surface area contributed by atoms with Crippen LogP contribution in [0.3, 0.4) is 0 Å². The highest BCUT2D eigenvalue weighted by molar-refractivity contribution is 7.99. The van der Waals surface area contributed by atoms with Gasteiger partial charge in [-0.3, -0.25) is 10.1 Å². The summed E-state index contributed by atoms with van der Waals surface area (Å²) in [7, 11) is -4.21. The van der Waals surface area contributed by atoms with Gasteiger partial charge in [-0.15, -0.1) is 24.2 Å². The first-order chi connectivity index (χ1) is 11.0. The Morgan fingerprint density at radius 3 is 2.44 bits per heavy atom. The molecule has 1 aromatic rings. The zero-order valence-electron chi connectivity index (χ0n) is 13.9. The molecule has 0 spiro atoms. The summed E-state index contributed by atoms with van der Waals surface area (Å²) in [6, 6.07) is 0.731. The zero-order chi connectivity index (χ0) is 18.1. The van der Waals surface area contributed by atoms with Gasteiger partial charge in [0.05, 0.1) is 11.7 Å². The molecule has 6 nitrogen and oxygen atoms in total. The summed E-state index contributed by atoms with van der Waals surface area (Å²) in [6.45, 7) is 4.79. The lowest BCUT2D eigenvalue weighted by Crippen LogP contribution is -2.41. The Kier molecular flexibility index (Phi) is 7.22. The Morgan fingerprint density at radius 2 is 1.92 bits per heavy atom. The summed E-state index contributed by atoms with van der Waals surface area (Å²) >= 11 is 1.51. The number of hydrogen-bond acceptors (Lipinski definition) is 5. The van der Waals surface area contributed by atoms with Crippen molar-refractivity contribution in [3.05, 3.63) is 23.8 Å². The molecule has 0 aromatic heterocycles. The quantitative estimate of drug-likeness (QED) is 0.700. The SMILES string of the molecule is CC(C)(C)NS(=O)(=O)c1cc(NC(=O)C2CSCN2)c(F)cc1F.Cl. The second kappa shape index (κ2) is 8.17. The van der Waals surface area contributed by atoms with E-state index < -0.39 is 44.0 Å². The van der Waals surface area contributed by atoms with Gasteiger partial charge in [-0.05, 0) is 26.8 Å². The summed E-state index contributed by atoms with van der Waals surface area (Å²) in [5.41, 5.74) is -1.22. The summed E-state index contributed by atoms with van der Waals surface area (Å²) in [5.74, 6) is -1.65. The number of thioether (sulfide) groups is 1. The molecule has 1 aliphatic rings. The summed E-state index contributed by atoms with van der Waals surface area (Å²) in [5, 5.41) is 5.21. The standard InChI is InChI=1S/C14H19F2N3O3S2.ClH/c1-14(2,3)19-24(21,22)12-5-10(8(15)4-9(12)16)18-13(20)11-6-23-7-17-11;/h4-5,11,17,19H,6-7H2,1-3H3,(H,18,20);1H. The summed E-state index contributed by atoms with van der Waals surface area (Å²) < 4.78 is 54.7. The summed E-state index contributed by atoms with van der Waals surface area (Å²) in [4.78, 5) is 11.3. The van der Waals surface area contributed by atoms with Gasteiger partial charge in [-0.2, -0.15) is 0 Å². The third-order valence-electron chi connectivity index (χ3n) is 3.04. The van der Waals surface area contributed by atoms with Crippen molar-refractivity contribution in [3.63, 3.8) is 0 Å². The van der Waals surface area contributed by atoms with E-state index in [-0.39, 0.29) is 18.1 Å². The molecule has 1 heterocycles. The molecule has 1 saturated heterocycles. The van der Waals surface area contributed by atoms with Gasteiger partial charge in [0.25, 0.3) is 0 Å². The Hall–Kier alpha value is -0.940. The van der Waals surface area contributed by atoms with E-state index in [1.807, 2.05) is 0 Å². The minimum Gasteiger partial charge on any atom is -0.322 e. The van der Waals surface area contributed by atoms with Gasteiger partial charge in [0, 0.05) is 23.2 Å². The maximum Gasteiger partial charge on any atom is 0.244 e. The van der Waals surface area contributed by atoms with Gasteiger partial charge in [-0.25, -0.2) is 21.9 Å². The fraction of sp³-hybridized carbons (Fsp3) is 0.500. The number of carbonyl (C=O) groups excluding carboxylic acids is 1. The maximum atomic E-state index is 14.0. The molecular weight excluding hydrogens is 396 g/mol. The molecule has 1 amide bonds. The molecule has 11 heteroatoms. The van der Waals surface area contributed by atoms with Crippen LogP contribution in [0, 0.1) is 11.6 Å². The number of rotatable bonds is 4. The van der Waals surface area contributed by atoms with Crippen LogP contribution in [0.1, 0.15) is 20.8 Å². The highest BCUT2D eigenvalue weighted by Crippen LogP contribution is 2.25.